The molecule has 0 unspecified atom stereocenters. The van der Waals surface area contributed by atoms with Gasteiger partial charge in [-0.25, -0.2) is 0 Å². The van der Waals surface area contributed by atoms with Gasteiger partial charge in [-0.05, 0) is 49.9 Å². The van der Waals surface area contributed by atoms with Crippen molar-refractivity contribution in [2.45, 2.75) is 38.6 Å². The minimum absolute atomic E-state index is 0.672. The molecule has 3 nitrogen and oxygen atoms in total. The fourth-order valence-corrected chi connectivity index (χ4v) is 4.27. The number of benzene rings is 2. The van der Waals surface area contributed by atoms with Crippen LogP contribution in [0.15, 0.2) is 54.6 Å². The van der Waals surface area contributed by atoms with E-state index in [1.807, 2.05) is 42.5 Å². The molecule has 2 heterocycles. The Kier molecular flexibility index (Phi) is 4.35. The molecular weight excluding hydrogens is 358 g/mol. The van der Waals surface area contributed by atoms with Crippen LogP contribution in [0.2, 0.25) is 5.02 Å². The van der Waals surface area contributed by atoms with Crippen LogP contribution >= 0.6 is 11.6 Å². The number of aliphatic carboxylic acids is 1. The van der Waals surface area contributed by atoms with Crippen molar-refractivity contribution >= 4 is 17.6 Å². The molecule has 1 aliphatic heterocycles. The van der Waals surface area contributed by atoms with Crippen LogP contribution in [0.25, 0.3) is 22.3 Å². The van der Waals surface area contributed by atoms with Crippen LogP contribution in [-0.4, -0.2) is 15.6 Å². The van der Waals surface area contributed by atoms with Crippen molar-refractivity contribution in [1.82, 2.24) is 4.57 Å². The molecule has 138 valence electrons. The van der Waals surface area contributed by atoms with Gasteiger partial charge >= 0.3 is 5.97 Å². The molecule has 0 spiro atoms. The Balaban J connectivity index is 2.10. The Morgan fingerprint density at radius 3 is 2.26 bits per heavy atom. The maximum absolute atomic E-state index is 12.2. The van der Waals surface area contributed by atoms with Gasteiger partial charge in [-0.1, -0.05) is 54.1 Å². The average molecular weight is 380 g/mol. The first-order valence-corrected chi connectivity index (χ1v) is 9.59. The summed E-state index contributed by atoms with van der Waals surface area (Å²) in [6, 6.07) is 18.0. The molecule has 0 atom stereocenters. The van der Waals surface area contributed by atoms with Gasteiger partial charge in [0.25, 0.3) is 0 Å². The summed E-state index contributed by atoms with van der Waals surface area (Å²) < 4.78 is 2.24. The molecule has 0 saturated heterocycles. The molecule has 4 heteroatoms. The maximum atomic E-state index is 12.2. The predicted molar refractivity (Wildman–Crippen MR) is 109 cm³/mol. The average Bonchev–Trinajstić information content (AvgIpc) is 3.23. The number of nitrogens with zero attached hydrogens (tertiary/aromatic N) is 1. The number of fused-ring (bicyclic) bond motifs is 1. The van der Waals surface area contributed by atoms with E-state index in [0.29, 0.717) is 5.02 Å². The topological polar surface area (TPSA) is 42.2 Å². The van der Waals surface area contributed by atoms with E-state index in [2.05, 4.69) is 16.7 Å². The molecule has 27 heavy (non-hydrogen) atoms. The highest BCUT2D eigenvalue weighted by molar-refractivity contribution is 6.30. The van der Waals surface area contributed by atoms with Gasteiger partial charge in [0.05, 0.1) is 0 Å². The Morgan fingerprint density at radius 1 is 1.00 bits per heavy atom. The smallest absolute Gasteiger partial charge is 0.315 e. The highest BCUT2D eigenvalue weighted by atomic mass is 35.5. The second-order valence-electron chi connectivity index (χ2n) is 7.60. The molecule has 0 bridgehead atoms. The minimum atomic E-state index is -0.999. The second kappa shape index (κ2) is 6.58. The van der Waals surface area contributed by atoms with Gasteiger partial charge in [0.1, 0.15) is 5.41 Å². The van der Waals surface area contributed by atoms with Crippen LogP contribution in [0, 0.1) is 0 Å². The SMILES string of the molecule is CC(C)(C(=O)O)c1c(-c2ccc(Cl)cc2)c(-c2ccccc2)c2n1CCC2. The predicted octanol–water partition coefficient (Wildman–Crippen LogP) is 5.78. The summed E-state index contributed by atoms with van der Waals surface area (Å²) in [7, 11) is 0. The summed E-state index contributed by atoms with van der Waals surface area (Å²) in [5.74, 6) is -0.815. The van der Waals surface area contributed by atoms with Crippen LogP contribution in [0.5, 0.6) is 0 Å². The summed E-state index contributed by atoms with van der Waals surface area (Å²) in [5, 5.41) is 10.7. The van der Waals surface area contributed by atoms with Gasteiger partial charge in [-0.15, -0.1) is 0 Å². The van der Waals surface area contributed by atoms with Crippen LogP contribution in [0.4, 0.5) is 0 Å². The lowest BCUT2D eigenvalue weighted by atomic mass is 9.82. The number of hydrogen-bond acceptors (Lipinski definition) is 1. The van der Waals surface area contributed by atoms with Gasteiger partial charge in [-0.3, -0.25) is 4.79 Å². The lowest BCUT2D eigenvalue weighted by Crippen LogP contribution is -2.31. The molecule has 3 aromatic rings. The summed E-state index contributed by atoms with van der Waals surface area (Å²) >= 11 is 6.11. The monoisotopic (exact) mass is 379 g/mol. The Hall–Kier alpha value is -2.52. The standard InChI is InChI=1S/C23H22ClNO2/c1-23(2,22(26)27)21-20(16-10-12-17(24)13-11-16)19(15-7-4-3-5-8-15)18-9-6-14-25(18)21/h3-5,7-8,10-13H,6,9,14H2,1-2H3,(H,26,27). The van der Waals surface area contributed by atoms with Crippen LogP contribution in [0.1, 0.15) is 31.7 Å². The first kappa shape index (κ1) is 17.9. The highest BCUT2D eigenvalue weighted by Crippen LogP contribution is 2.47. The zero-order chi connectivity index (χ0) is 19.2. The molecule has 0 aliphatic carbocycles. The van der Waals surface area contributed by atoms with Crippen molar-refractivity contribution in [1.29, 1.82) is 0 Å². The number of hydrogen-bond donors (Lipinski definition) is 1. The molecule has 1 aliphatic rings. The lowest BCUT2D eigenvalue weighted by molar-refractivity contribution is -0.142. The van der Waals surface area contributed by atoms with Crippen molar-refractivity contribution in [3.63, 3.8) is 0 Å². The molecule has 1 aromatic heterocycles. The maximum Gasteiger partial charge on any atom is 0.315 e. The summed E-state index contributed by atoms with van der Waals surface area (Å²) in [6.45, 7) is 4.45. The van der Waals surface area contributed by atoms with E-state index in [0.717, 1.165) is 47.3 Å². The first-order valence-electron chi connectivity index (χ1n) is 9.22. The largest absolute Gasteiger partial charge is 0.481 e. The second-order valence-corrected chi connectivity index (χ2v) is 8.04. The van der Waals surface area contributed by atoms with Gasteiger partial charge in [0.15, 0.2) is 0 Å². The van der Waals surface area contributed by atoms with Crippen LogP contribution in [0.3, 0.4) is 0 Å². The van der Waals surface area contributed by atoms with Crippen LogP contribution < -0.4 is 0 Å². The molecule has 4 rings (SSSR count). The van der Waals surface area contributed by atoms with E-state index < -0.39 is 11.4 Å². The van der Waals surface area contributed by atoms with Crippen LogP contribution in [-0.2, 0) is 23.2 Å². The number of aromatic nitrogens is 1. The van der Waals surface area contributed by atoms with Crippen molar-refractivity contribution < 1.29 is 9.90 Å². The number of carboxylic acids is 1. The first-order chi connectivity index (χ1) is 12.9. The normalized spacial score (nSPS) is 13.6. The third-order valence-corrected chi connectivity index (χ3v) is 5.74. The van der Waals surface area contributed by atoms with Gasteiger partial charge in [0, 0.05) is 34.1 Å². The van der Waals surface area contributed by atoms with Gasteiger partial charge in [-0.2, -0.15) is 0 Å². The number of rotatable bonds is 4. The van der Waals surface area contributed by atoms with Gasteiger partial charge < -0.3 is 9.67 Å². The number of carbonyl (C=O) groups is 1. The summed E-state index contributed by atoms with van der Waals surface area (Å²) in [6.07, 6.45) is 2.00. The van der Waals surface area contributed by atoms with Gasteiger partial charge in [0.2, 0.25) is 0 Å². The fraction of sp³-hybridized carbons (Fsp3) is 0.261. The zero-order valence-electron chi connectivity index (χ0n) is 15.5. The fourth-order valence-electron chi connectivity index (χ4n) is 4.14. The molecule has 2 aromatic carbocycles. The van der Waals surface area contributed by atoms with E-state index in [9.17, 15) is 9.90 Å². The zero-order valence-corrected chi connectivity index (χ0v) is 16.3. The van der Waals surface area contributed by atoms with E-state index in [-0.39, 0.29) is 0 Å². The van der Waals surface area contributed by atoms with E-state index in [1.165, 1.54) is 5.69 Å². The molecule has 0 fully saturated rings. The van der Waals surface area contributed by atoms with E-state index in [1.54, 1.807) is 13.8 Å². The molecule has 0 amide bonds. The number of carboxylic acid groups (broad SMARTS) is 1. The molecule has 0 radical (unpaired) electrons. The molecule has 0 saturated carbocycles. The Labute approximate surface area is 164 Å². The van der Waals surface area contributed by atoms with Crippen molar-refractivity contribution in [3.05, 3.63) is 71.0 Å². The third-order valence-electron chi connectivity index (χ3n) is 5.49. The molecular formula is C23H22ClNO2. The Bertz CT molecular complexity index is 1000. The summed E-state index contributed by atoms with van der Waals surface area (Å²) in [4.78, 5) is 12.2. The van der Waals surface area contributed by atoms with E-state index >= 15 is 0 Å². The van der Waals surface area contributed by atoms with Crippen molar-refractivity contribution in [2.24, 2.45) is 0 Å². The van der Waals surface area contributed by atoms with E-state index in [4.69, 9.17) is 11.6 Å². The number of halogens is 1. The summed E-state index contributed by atoms with van der Waals surface area (Å²) in [5.41, 5.74) is 5.41. The quantitative estimate of drug-likeness (QED) is 0.623. The molecule has 1 N–H and O–H groups in total. The minimum Gasteiger partial charge on any atom is -0.481 e. The lowest BCUT2D eigenvalue weighted by Gasteiger charge is -2.24. The van der Waals surface area contributed by atoms with Crippen molar-refractivity contribution in [3.8, 4) is 22.3 Å². The highest BCUT2D eigenvalue weighted by Gasteiger charge is 2.40. The van der Waals surface area contributed by atoms with Crippen molar-refractivity contribution in [2.75, 3.05) is 0 Å². The third kappa shape index (κ3) is 2.87. The Morgan fingerprint density at radius 2 is 1.63 bits per heavy atom.